The van der Waals surface area contributed by atoms with Gasteiger partial charge in [0, 0.05) is 5.56 Å². The van der Waals surface area contributed by atoms with Crippen molar-refractivity contribution in [1.29, 1.82) is 0 Å². The van der Waals surface area contributed by atoms with E-state index in [1.165, 1.54) is 17.7 Å². The number of phenols is 2. The number of aromatic hydroxyl groups is 2. The highest BCUT2D eigenvalue weighted by Crippen LogP contribution is 2.29. The van der Waals surface area contributed by atoms with Crippen LogP contribution in [0.25, 0.3) is 22.4 Å². The molecule has 0 saturated carbocycles. The Morgan fingerprint density at radius 1 is 0.731 bits per heavy atom. The van der Waals surface area contributed by atoms with E-state index in [0.717, 1.165) is 11.1 Å². The summed E-state index contributed by atoms with van der Waals surface area (Å²) >= 11 is 0. The number of hydrogen-bond acceptors (Lipinski definition) is 4. The van der Waals surface area contributed by atoms with Gasteiger partial charge in [-0.25, -0.2) is 4.68 Å². The maximum Gasteiger partial charge on any atom is 0.158 e. The Hall–Kier alpha value is -3.60. The summed E-state index contributed by atoms with van der Waals surface area (Å²) in [5.41, 5.74) is 4.79. The lowest BCUT2D eigenvalue weighted by molar-refractivity contribution is 0.404. The molecule has 5 heteroatoms. The van der Waals surface area contributed by atoms with Gasteiger partial charge in [0.1, 0.15) is 5.69 Å². The van der Waals surface area contributed by atoms with Crippen molar-refractivity contribution in [2.24, 2.45) is 0 Å². The summed E-state index contributed by atoms with van der Waals surface area (Å²) in [4.78, 5) is 0. The maximum absolute atomic E-state index is 9.64. The van der Waals surface area contributed by atoms with Crippen molar-refractivity contribution in [2.45, 2.75) is 6.54 Å². The molecule has 0 saturated heterocycles. The van der Waals surface area contributed by atoms with Gasteiger partial charge in [-0.05, 0) is 41.0 Å². The first-order valence-electron chi connectivity index (χ1n) is 8.26. The second-order valence-electron chi connectivity index (χ2n) is 6.07. The summed E-state index contributed by atoms with van der Waals surface area (Å²) in [6, 6.07) is 23.2. The normalized spacial score (nSPS) is 10.8. The predicted molar refractivity (Wildman–Crippen MR) is 99.8 cm³/mol. The molecular formula is C21H17N3O2. The van der Waals surface area contributed by atoms with Crippen molar-refractivity contribution in [1.82, 2.24) is 15.0 Å². The quantitative estimate of drug-likeness (QED) is 0.548. The van der Waals surface area contributed by atoms with Crippen LogP contribution in [-0.2, 0) is 6.54 Å². The second kappa shape index (κ2) is 6.72. The molecule has 1 heterocycles. The van der Waals surface area contributed by atoms with Crippen molar-refractivity contribution >= 4 is 0 Å². The third-order valence-corrected chi connectivity index (χ3v) is 4.19. The van der Waals surface area contributed by atoms with Crippen molar-refractivity contribution in [2.75, 3.05) is 0 Å². The topological polar surface area (TPSA) is 71.2 Å². The van der Waals surface area contributed by atoms with Crippen LogP contribution in [0.15, 0.2) is 79.0 Å². The highest BCUT2D eigenvalue weighted by Gasteiger charge is 2.08. The summed E-state index contributed by atoms with van der Waals surface area (Å²) in [5.74, 6) is -0.327. The van der Waals surface area contributed by atoms with Crippen LogP contribution in [0.1, 0.15) is 5.56 Å². The van der Waals surface area contributed by atoms with Gasteiger partial charge < -0.3 is 10.2 Å². The molecule has 128 valence electrons. The van der Waals surface area contributed by atoms with Crippen LogP contribution in [0.4, 0.5) is 0 Å². The van der Waals surface area contributed by atoms with Crippen LogP contribution >= 0.6 is 0 Å². The molecule has 0 aliphatic carbocycles. The largest absolute Gasteiger partial charge is 0.504 e. The van der Waals surface area contributed by atoms with Crippen LogP contribution in [0.5, 0.6) is 11.5 Å². The average molecular weight is 343 g/mol. The Morgan fingerprint density at radius 2 is 1.54 bits per heavy atom. The lowest BCUT2D eigenvalue weighted by Gasteiger charge is -2.05. The Bertz CT molecular complexity index is 1040. The van der Waals surface area contributed by atoms with E-state index in [1.54, 1.807) is 10.7 Å². The number of hydrogen-bond donors (Lipinski definition) is 2. The van der Waals surface area contributed by atoms with Gasteiger partial charge in [0.25, 0.3) is 0 Å². The standard InChI is InChI=1S/C21H17N3O2/c25-20-10-9-18(12-21(20)26)19-14-24(23-22-19)13-15-5-4-8-17(11-15)16-6-2-1-3-7-16/h1-12,14,25-26H,13H2. The molecule has 4 aromatic rings. The Kier molecular flexibility index (Phi) is 4.11. The van der Waals surface area contributed by atoms with E-state index in [9.17, 15) is 10.2 Å². The van der Waals surface area contributed by atoms with Gasteiger partial charge in [-0.2, -0.15) is 0 Å². The molecular weight excluding hydrogens is 326 g/mol. The Morgan fingerprint density at radius 3 is 2.35 bits per heavy atom. The summed E-state index contributed by atoms with van der Waals surface area (Å²) in [6.07, 6.45) is 1.82. The van der Waals surface area contributed by atoms with Gasteiger partial charge in [-0.3, -0.25) is 0 Å². The monoisotopic (exact) mass is 343 g/mol. The number of rotatable bonds is 4. The third kappa shape index (κ3) is 3.28. The van der Waals surface area contributed by atoms with Gasteiger partial charge in [-0.15, -0.1) is 5.10 Å². The van der Waals surface area contributed by atoms with E-state index in [0.29, 0.717) is 17.8 Å². The number of nitrogens with zero attached hydrogens (tertiary/aromatic N) is 3. The highest BCUT2D eigenvalue weighted by atomic mass is 16.3. The minimum absolute atomic E-state index is 0.154. The fourth-order valence-electron chi connectivity index (χ4n) is 2.86. The molecule has 26 heavy (non-hydrogen) atoms. The molecule has 0 atom stereocenters. The summed E-state index contributed by atoms with van der Waals surface area (Å²) in [5, 5.41) is 27.4. The number of aromatic nitrogens is 3. The van der Waals surface area contributed by atoms with E-state index in [-0.39, 0.29) is 11.5 Å². The molecule has 3 aromatic carbocycles. The van der Waals surface area contributed by atoms with Gasteiger partial charge in [-0.1, -0.05) is 53.7 Å². The molecule has 0 bridgehead atoms. The van der Waals surface area contributed by atoms with Crippen LogP contribution < -0.4 is 0 Å². The lowest BCUT2D eigenvalue weighted by Crippen LogP contribution is -2.00. The molecule has 0 aliphatic rings. The Labute approximate surface area is 150 Å². The molecule has 0 radical (unpaired) electrons. The van der Waals surface area contributed by atoms with Crippen molar-refractivity contribution in [3.8, 4) is 33.9 Å². The van der Waals surface area contributed by atoms with E-state index >= 15 is 0 Å². The SMILES string of the molecule is Oc1ccc(-c2cn(Cc3cccc(-c4ccccc4)c3)nn2)cc1O. The molecule has 4 rings (SSSR count). The number of benzene rings is 3. The number of phenolic OH excluding ortho intramolecular Hbond substituents is 2. The van der Waals surface area contributed by atoms with Crippen molar-refractivity contribution in [3.05, 3.63) is 84.6 Å². The zero-order valence-electron chi connectivity index (χ0n) is 13.9. The molecule has 0 amide bonds. The average Bonchev–Trinajstić information content (AvgIpc) is 3.13. The first kappa shape index (κ1) is 15.9. The Balaban J connectivity index is 1.57. The van der Waals surface area contributed by atoms with Gasteiger partial charge >= 0.3 is 0 Å². The van der Waals surface area contributed by atoms with E-state index in [1.807, 2.05) is 30.5 Å². The first-order valence-corrected chi connectivity index (χ1v) is 8.26. The molecule has 1 aromatic heterocycles. The van der Waals surface area contributed by atoms with E-state index in [4.69, 9.17) is 0 Å². The molecule has 5 nitrogen and oxygen atoms in total. The molecule has 0 fully saturated rings. The van der Waals surface area contributed by atoms with Gasteiger partial charge in [0.15, 0.2) is 11.5 Å². The third-order valence-electron chi connectivity index (χ3n) is 4.19. The van der Waals surface area contributed by atoms with Crippen molar-refractivity contribution < 1.29 is 10.2 Å². The smallest absolute Gasteiger partial charge is 0.158 e. The lowest BCUT2D eigenvalue weighted by atomic mass is 10.0. The fourth-order valence-corrected chi connectivity index (χ4v) is 2.86. The summed E-state index contributed by atoms with van der Waals surface area (Å²) in [6.45, 7) is 0.595. The maximum atomic E-state index is 9.64. The molecule has 0 aliphatic heterocycles. The minimum Gasteiger partial charge on any atom is -0.504 e. The second-order valence-corrected chi connectivity index (χ2v) is 6.07. The van der Waals surface area contributed by atoms with E-state index < -0.39 is 0 Å². The van der Waals surface area contributed by atoms with Gasteiger partial charge in [0.2, 0.25) is 0 Å². The summed E-state index contributed by atoms with van der Waals surface area (Å²) in [7, 11) is 0. The first-order chi connectivity index (χ1) is 12.7. The molecule has 0 unspecified atom stereocenters. The fraction of sp³-hybridized carbons (Fsp3) is 0.0476. The van der Waals surface area contributed by atoms with Gasteiger partial charge in [0.05, 0.1) is 12.7 Å². The van der Waals surface area contributed by atoms with Crippen LogP contribution in [0.2, 0.25) is 0 Å². The zero-order chi connectivity index (χ0) is 17.9. The zero-order valence-corrected chi connectivity index (χ0v) is 13.9. The molecule has 2 N–H and O–H groups in total. The molecule has 0 spiro atoms. The minimum atomic E-state index is -0.174. The summed E-state index contributed by atoms with van der Waals surface area (Å²) < 4.78 is 1.75. The van der Waals surface area contributed by atoms with Crippen molar-refractivity contribution in [3.63, 3.8) is 0 Å². The van der Waals surface area contributed by atoms with Crippen LogP contribution in [0.3, 0.4) is 0 Å². The highest BCUT2D eigenvalue weighted by molar-refractivity contribution is 5.64. The van der Waals surface area contributed by atoms with Crippen LogP contribution in [0, 0.1) is 0 Å². The van der Waals surface area contributed by atoms with E-state index in [2.05, 4.69) is 40.6 Å². The van der Waals surface area contributed by atoms with Crippen LogP contribution in [-0.4, -0.2) is 25.2 Å². The predicted octanol–water partition coefficient (Wildman–Crippen LogP) is 4.07.